The summed E-state index contributed by atoms with van der Waals surface area (Å²) in [7, 11) is 0. The van der Waals surface area contributed by atoms with Gasteiger partial charge in [0.05, 0.1) is 10.0 Å². The van der Waals surface area contributed by atoms with Crippen LogP contribution in [0.2, 0.25) is 10.0 Å². The summed E-state index contributed by atoms with van der Waals surface area (Å²) in [5, 5.41) is 3.60. The van der Waals surface area contributed by atoms with Gasteiger partial charge >= 0.3 is 0 Å². The fourth-order valence-corrected chi connectivity index (χ4v) is 2.11. The van der Waals surface area contributed by atoms with Crippen LogP contribution >= 0.6 is 23.2 Å². The maximum atomic E-state index is 11.7. The Bertz CT molecular complexity index is 652. The first-order valence-corrected chi connectivity index (χ1v) is 7.12. The van der Waals surface area contributed by atoms with E-state index in [4.69, 9.17) is 32.4 Å². The standard InChI is InChI=1S/C15H15Cl2NO3/c1-9-5-11(10(2)21-9)7-18-15(19)8-20-12-3-4-13(16)14(17)6-12/h3-6H,7-8H2,1-2H3,(H,18,19). The maximum Gasteiger partial charge on any atom is 0.258 e. The fraction of sp³-hybridized carbons (Fsp3) is 0.267. The monoisotopic (exact) mass is 327 g/mol. The third kappa shape index (κ3) is 4.41. The molecule has 0 fully saturated rings. The number of carbonyl (C=O) groups is 1. The molecule has 0 aliphatic carbocycles. The van der Waals surface area contributed by atoms with Gasteiger partial charge in [-0.25, -0.2) is 0 Å². The highest BCUT2D eigenvalue weighted by Crippen LogP contribution is 2.26. The summed E-state index contributed by atoms with van der Waals surface area (Å²) in [5.41, 5.74) is 0.954. The number of benzene rings is 1. The van der Waals surface area contributed by atoms with Crippen LogP contribution in [0.1, 0.15) is 17.1 Å². The summed E-state index contributed by atoms with van der Waals surface area (Å²) in [4.78, 5) is 11.7. The van der Waals surface area contributed by atoms with Crippen LogP contribution in [0, 0.1) is 13.8 Å². The zero-order valence-corrected chi connectivity index (χ0v) is 13.2. The average molecular weight is 328 g/mol. The number of carbonyl (C=O) groups excluding carboxylic acids is 1. The smallest absolute Gasteiger partial charge is 0.258 e. The van der Waals surface area contributed by atoms with E-state index in [0.29, 0.717) is 22.3 Å². The summed E-state index contributed by atoms with van der Waals surface area (Å²) in [6.45, 7) is 4.05. The Balaban J connectivity index is 1.82. The second-order valence-electron chi connectivity index (χ2n) is 4.58. The van der Waals surface area contributed by atoms with Gasteiger partial charge in [0.2, 0.25) is 0 Å². The molecule has 0 radical (unpaired) electrons. The van der Waals surface area contributed by atoms with E-state index in [2.05, 4.69) is 5.32 Å². The molecule has 0 spiro atoms. The number of nitrogens with one attached hydrogen (secondary N) is 1. The molecule has 2 rings (SSSR count). The minimum atomic E-state index is -0.223. The van der Waals surface area contributed by atoms with Gasteiger partial charge in [0.25, 0.3) is 5.91 Å². The molecule has 2 aromatic rings. The van der Waals surface area contributed by atoms with Crippen molar-refractivity contribution in [1.29, 1.82) is 0 Å². The maximum absolute atomic E-state index is 11.7. The topological polar surface area (TPSA) is 51.5 Å². The fourth-order valence-electron chi connectivity index (χ4n) is 1.82. The van der Waals surface area contributed by atoms with Crippen LogP contribution in [-0.4, -0.2) is 12.5 Å². The lowest BCUT2D eigenvalue weighted by Crippen LogP contribution is -2.28. The van der Waals surface area contributed by atoms with Gasteiger partial charge in [-0.3, -0.25) is 4.79 Å². The first kappa shape index (κ1) is 15.7. The second-order valence-corrected chi connectivity index (χ2v) is 5.39. The molecule has 4 nitrogen and oxygen atoms in total. The van der Waals surface area contributed by atoms with Gasteiger partial charge in [0.15, 0.2) is 6.61 Å². The van der Waals surface area contributed by atoms with Crippen molar-refractivity contribution in [3.8, 4) is 5.75 Å². The molecular weight excluding hydrogens is 313 g/mol. The summed E-state index contributed by atoms with van der Waals surface area (Å²) >= 11 is 11.7. The minimum Gasteiger partial charge on any atom is -0.484 e. The van der Waals surface area contributed by atoms with E-state index >= 15 is 0 Å². The molecule has 21 heavy (non-hydrogen) atoms. The van der Waals surface area contributed by atoms with Gasteiger partial charge in [0, 0.05) is 18.2 Å². The summed E-state index contributed by atoms with van der Waals surface area (Å²) in [6, 6.07) is 6.75. The van der Waals surface area contributed by atoms with Crippen molar-refractivity contribution in [3.63, 3.8) is 0 Å². The van der Waals surface area contributed by atoms with Crippen molar-refractivity contribution in [2.24, 2.45) is 0 Å². The van der Waals surface area contributed by atoms with Crippen LogP contribution in [0.25, 0.3) is 0 Å². The quantitative estimate of drug-likeness (QED) is 0.906. The highest BCUT2D eigenvalue weighted by Gasteiger charge is 2.08. The lowest BCUT2D eigenvalue weighted by Gasteiger charge is -2.08. The molecule has 0 bridgehead atoms. The summed E-state index contributed by atoms with van der Waals surface area (Å²) in [6.07, 6.45) is 0. The van der Waals surface area contributed by atoms with Gasteiger partial charge in [-0.1, -0.05) is 23.2 Å². The average Bonchev–Trinajstić information content (AvgIpc) is 2.76. The first-order valence-electron chi connectivity index (χ1n) is 6.36. The number of hydrogen-bond donors (Lipinski definition) is 1. The van der Waals surface area contributed by atoms with Crippen molar-refractivity contribution in [1.82, 2.24) is 5.32 Å². The Hall–Kier alpha value is -1.65. The second kappa shape index (κ2) is 6.87. The number of rotatable bonds is 5. The molecule has 1 amide bonds. The normalized spacial score (nSPS) is 10.5. The van der Waals surface area contributed by atoms with Crippen molar-refractivity contribution in [3.05, 3.63) is 51.4 Å². The molecule has 6 heteroatoms. The Kier molecular flexibility index (Phi) is 5.15. The molecule has 0 saturated heterocycles. The predicted octanol–water partition coefficient (Wildman–Crippen LogP) is 3.90. The van der Waals surface area contributed by atoms with E-state index in [-0.39, 0.29) is 12.5 Å². The molecule has 1 N–H and O–H groups in total. The molecule has 112 valence electrons. The van der Waals surface area contributed by atoms with Crippen LogP contribution in [0.5, 0.6) is 5.75 Å². The van der Waals surface area contributed by atoms with E-state index in [0.717, 1.165) is 17.1 Å². The number of aryl methyl sites for hydroxylation is 2. The van der Waals surface area contributed by atoms with Gasteiger partial charge in [-0.15, -0.1) is 0 Å². The van der Waals surface area contributed by atoms with Crippen molar-refractivity contribution < 1.29 is 13.9 Å². The molecule has 1 aromatic carbocycles. The first-order chi connectivity index (χ1) is 9.95. The van der Waals surface area contributed by atoms with Crippen LogP contribution in [-0.2, 0) is 11.3 Å². The van der Waals surface area contributed by atoms with Gasteiger partial charge in [-0.05, 0) is 32.0 Å². The largest absolute Gasteiger partial charge is 0.484 e. The van der Waals surface area contributed by atoms with Crippen molar-refractivity contribution >= 4 is 29.1 Å². The third-order valence-corrected chi connectivity index (χ3v) is 3.62. The Morgan fingerprint density at radius 2 is 2.00 bits per heavy atom. The van der Waals surface area contributed by atoms with Gasteiger partial charge in [0.1, 0.15) is 17.3 Å². The lowest BCUT2D eigenvalue weighted by molar-refractivity contribution is -0.123. The SMILES string of the molecule is Cc1cc(CNC(=O)COc2ccc(Cl)c(Cl)c2)c(C)o1. The van der Waals surface area contributed by atoms with Crippen molar-refractivity contribution in [2.75, 3.05) is 6.61 Å². The van der Waals surface area contributed by atoms with Crippen LogP contribution in [0.3, 0.4) is 0 Å². The summed E-state index contributed by atoms with van der Waals surface area (Å²) < 4.78 is 10.7. The molecular formula is C15H15Cl2NO3. The molecule has 1 heterocycles. The number of halogens is 2. The molecule has 1 aromatic heterocycles. The molecule has 0 unspecified atom stereocenters. The zero-order valence-electron chi connectivity index (χ0n) is 11.7. The van der Waals surface area contributed by atoms with Crippen LogP contribution in [0.15, 0.2) is 28.7 Å². The van der Waals surface area contributed by atoms with E-state index in [9.17, 15) is 4.79 Å². The van der Waals surface area contributed by atoms with E-state index < -0.39 is 0 Å². The Morgan fingerprint density at radius 1 is 1.24 bits per heavy atom. The minimum absolute atomic E-state index is 0.0894. The van der Waals surface area contributed by atoms with Gasteiger partial charge in [-0.2, -0.15) is 0 Å². The van der Waals surface area contributed by atoms with Crippen molar-refractivity contribution in [2.45, 2.75) is 20.4 Å². The molecule has 0 aliphatic rings. The van der Waals surface area contributed by atoms with E-state index in [1.165, 1.54) is 0 Å². The highest BCUT2D eigenvalue weighted by molar-refractivity contribution is 6.42. The number of hydrogen-bond acceptors (Lipinski definition) is 3. The molecule has 0 saturated carbocycles. The lowest BCUT2D eigenvalue weighted by atomic mass is 10.2. The van der Waals surface area contributed by atoms with E-state index in [1.807, 2.05) is 19.9 Å². The highest BCUT2D eigenvalue weighted by atomic mass is 35.5. The van der Waals surface area contributed by atoms with Crippen LogP contribution < -0.4 is 10.1 Å². The Morgan fingerprint density at radius 3 is 2.62 bits per heavy atom. The van der Waals surface area contributed by atoms with Gasteiger partial charge < -0.3 is 14.5 Å². The molecule has 0 aliphatic heterocycles. The number of amides is 1. The number of furan rings is 1. The zero-order chi connectivity index (χ0) is 15.4. The third-order valence-electron chi connectivity index (χ3n) is 2.88. The van der Waals surface area contributed by atoms with Crippen LogP contribution in [0.4, 0.5) is 0 Å². The molecule has 0 atom stereocenters. The number of ether oxygens (including phenoxy) is 1. The predicted molar refractivity (Wildman–Crippen MR) is 82.0 cm³/mol. The summed E-state index contributed by atoms with van der Waals surface area (Å²) in [5.74, 6) is 1.90. The van der Waals surface area contributed by atoms with E-state index in [1.54, 1.807) is 18.2 Å². The Labute approximate surface area is 133 Å².